The van der Waals surface area contributed by atoms with Gasteiger partial charge in [-0.3, -0.25) is 4.79 Å². The standard InChI is InChI=1S/C16H17BrN2O/c1-10(2)11-4-3-5-13(8-11)19-16(20)12-6-7-14(17)15(18)9-12/h3-10H,18H2,1-2H3,(H,19,20). The molecule has 0 heterocycles. The molecule has 0 fully saturated rings. The quantitative estimate of drug-likeness (QED) is 0.818. The summed E-state index contributed by atoms with van der Waals surface area (Å²) in [5, 5.41) is 2.89. The van der Waals surface area contributed by atoms with E-state index >= 15 is 0 Å². The molecule has 3 N–H and O–H groups in total. The monoisotopic (exact) mass is 332 g/mol. The summed E-state index contributed by atoms with van der Waals surface area (Å²) in [4.78, 5) is 12.2. The fraction of sp³-hybridized carbons (Fsp3) is 0.188. The van der Waals surface area contributed by atoms with E-state index in [1.165, 1.54) is 5.56 Å². The number of carbonyl (C=O) groups excluding carboxylic acids is 1. The van der Waals surface area contributed by atoms with E-state index in [9.17, 15) is 4.79 Å². The molecule has 0 bridgehead atoms. The lowest BCUT2D eigenvalue weighted by Gasteiger charge is -2.10. The van der Waals surface area contributed by atoms with E-state index in [1.807, 2.05) is 18.2 Å². The molecule has 0 atom stereocenters. The van der Waals surface area contributed by atoms with E-state index in [2.05, 4.69) is 41.2 Å². The lowest BCUT2D eigenvalue weighted by atomic mass is 10.0. The molecule has 0 saturated carbocycles. The van der Waals surface area contributed by atoms with Crippen molar-refractivity contribution in [1.29, 1.82) is 0 Å². The Morgan fingerprint density at radius 2 is 1.95 bits per heavy atom. The number of anilines is 2. The van der Waals surface area contributed by atoms with Crippen molar-refractivity contribution in [2.75, 3.05) is 11.1 Å². The Morgan fingerprint density at radius 1 is 1.20 bits per heavy atom. The van der Waals surface area contributed by atoms with E-state index in [0.29, 0.717) is 17.2 Å². The molecule has 0 aromatic heterocycles. The van der Waals surface area contributed by atoms with Gasteiger partial charge in [0.25, 0.3) is 5.91 Å². The highest BCUT2D eigenvalue weighted by Crippen LogP contribution is 2.22. The Balaban J connectivity index is 2.19. The molecule has 2 aromatic rings. The van der Waals surface area contributed by atoms with Crippen molar-refractivity contribution in [3.63, 3.8) is 0 Å². The van der Waals surface area contributed by atoms with Gasteiger partial charge in [-0.05, 0) is 57.7 Å². The number of nitrogens with one attached hydrogen (secondary N) is 1. The summed E-state index contributed by atoms with van der Waals surface area (Å²) in [6.07, 6.45) is 0. The molecule has 0 aliphatic heterocycles. The van der Waals surface area contributed by atoms with E-state index < -0.39 is 0 Å². The second-order valence-electron chi connectivity index (χ2n) is 4.97. The maximum Gasteiger partial charge on any atom is 0.255 e. The van der Waals surface area contributed by atoms with Gasteiger partial charge < -0.3 is 11.1 Å². The van der Waals surface area contributed by atoms with Crippen molar-refractivity contribution in [2.24, 2.45) is 0 Å². The molecule has 2 rings (SSSR count). The minimum Gasteiger partial charge on any atom is -0.398 e. The fourth-order valence-corrected chi connectivity index (χ4v) is 2.11. The van der Waals surface area contributed by atoms with Crippen molar-refractivity contribution in [3.05, 3.63) is 58.1 Å². The summed E-state index contributed by atoms with van der Waals surface area (Å²) < 4.78 is 0.788. The van der Waals surface area contributed by atoms with Gasteiger partial charge >= 0.3 is 0 Å². The number of halogens is 1. The van der Waals surface area contributed by atoms with Crippen molar-refractivity contribution in [1.82, 2.24) is 0 Å². The van der Waals surface area contributed by atoms with Crippen LogP contribution < -0.4 is 11.1 Å². The molecule has 3 nitrogen and oxygen atoms in total. The van der Waals surface area contributed by atoms with Crippen LogP contribution in [0.15, 0.2) is 46.9 Å². The molecule has 0 aliphatic carbocycles. The molecule has 4 heteroatoms. The van der Waals surface area contributed by atoms with Gasteiger partial charge in [0, 0.05) is 21.4 Å². The van der Waals surface area contributed by atoms with Crippen molar-refractivity contribution < 1.29 is 4.79 Å². The number of hydrogen-bond donors (Lipinski definition) is 2. The fourth-order valence-electron chi connectivity index (χ4n) is 1.86. The van der Waals surface area contributed by atoms with Crippen LogP contribution in [-0.2, 0) is 0 Å². The van der Waals surface area contributed by atoms with Crippen LogP contribution in [0.1, 0.15) is 35.7 Å². The van der Waals surface area contributed by atoms with Crippen LogP contribution in [0.4, 0.5) is 11.4 Å². The van der Waals surface area contributed by atoms with Gasteiger partial charge in [-0.25, -0.2) is 0 Å². The first kappa shape index (κ1) is 14.6. The molecule has 20 heavy (non-hydrogen) atoms. The third-order valence-corrected chi connectivity index (χ3v) is 3.79. The van der Waals surface area contributed by atoms with Crippen LogP contribution in [0.25, 0.3) is 0 Å². The van der Waals surface area contributed by atoms with Crippen LogP contribution in [0, 0.1) is 0 Å². The molecule has 0 saturated heterocycles. The first-order valence-electron chi connectivity index (χ1n) is 6.43. The minimum atomic E-state index is -0.162. The number of hydrogen-bond acceptors (Lipinski definition) is 2. The van der Waals surface area contributed by atoms with Gasteiger partial charge in [0.1, 0.15) is 0 Å². The summed E-state index contributed by atoms with van der Waals surface area (Å²) >= 11 is 3.31. The van der Waals surface area contributed by atoms with Crippen molar-refractivity contribution >= 4 is 33.2 Å². The average molecular weight is 333 g/mol. The van der Waals surface area contributed by atoms with E-state index in [4.69, 9.17) is 5.73 Å². The van der Waals surface area contributed by atoms with Crippen LogP contribution >= 0.6 is 15.9 Å². The first-order valence-corrected chi connectivity index (χ1v) is 7.23. The predicted molar refractivity (Wildman–Crippen MR) is 87.0 cm³/mol. The third-order valence-electron chi connectivity index (χ3n) is 3.07. The maximum atomic E-state index is 12.2. The highest BCUT2D eigenvalue weighted by atomic mass is 79.9. The second kappa shape index (κ2) is 6.09. The largest absolute Gasteiger partial charge is 0.398 e. The Morgan fingerprint density at radius 3 is 2.60 bits per heavy atom. The zero-order chi connectivity index (χ0) is 14.7. The second-order valence-corrected chi connectivity index (χ2v) is 5.82. The number of nitrogens with two attached hydrogens (primary N) is 1. The summed E-state index contributed by atoms with van der Waals surface area (Å²) in [6, 6.07) is 13.0. The molecular formula is C16H17BrN2O. The molecule has 0 unspecified atom stereocenters. The summed E-state index contributed by atoms with van der Waals surface area (Å²) in [5.74, 6) is 0.264. The number of amides is 1. The van der Waals surface area contributed by atoms with Crippen LogP contribution in [-0.4, -0.2) is 5.91 Å². The first-order chi connectivity index (χ1) is 9.47. The molecule has 0 radical (unpaired) electrons. The number of benzene rings is 2. The Labute approximate surface area is 127 Å². The highest BCUT2D eigenvalue weighted by Gasteiger charge is 2.08. The molecule has 104 valence electrons. The van der Waals surface area contributed by atoms with E-state index in [0.717, 1.165) is 10.2 Å². The summed E-state index contributed by atoms with van der Waals surface area (Å²) in [5.41, 5.74) is 8.87. The average Bonchev–Trinajstić information content (AvgIpc) is 2.42. The number of carbonyl (C=O) groups is 1. The van der Waals surface area contributed by atoms with E-state index in [1.54, 1.807) is 18.2 Å². The summed E-state index contributed by atoms with van der Waals surface area (Å²) in [7, 11) is 0. The van der Waals surface area contributed by atoms with Gasteiger partial charge in [-0.2, -0.15) is 0 Å². The predicted octanol–water partition coefficient (Wildman–Crippen LogP) is 4.41. The van der Waals surface area contributed by atoms with Crippen molar-refractivity contribution in [3.8, 4) is 0 Å². The van der Waals surface area contributed by atoms with Gasteiger partial charge in [0.15, 0.2) is 0 Å². The lowest BCUT2D eigenvalue weighted by Crippen LogP contribution is -2.12. The summed E-state index contributed by atoms with van der Waals surface area (Å²) in [6.45, 7) is 4.24. The molecule has 2 aromatic carbocycles. The molecular weight excluding hydrogens is 316 g/mol. The maximum absolute atomic E-state index is 12.2. The lowest BCUT2D eigenvalue weighted by molar-refractivity contribution is 0.102. The molecule has 0 aliphatic rings. The van der Waals surface area contributed by atoms with Crippen molar-refractivity contribution in [2.45, 2.75) is 19.8 Å². The molecule has 1 amide bonds. The minimum absolute atomic E-state index is 0.162. The zero-order valence-corrected chi connectivity index (χ0v) is 13.1. The third kappa shape index (κ3) is 3.39. The Kier molecular flexibility index (Phi) is 4.45. The van der Waals surface area contributed by atoms with Crippen LogP contribution in [0.5, 0.6) is 0 Å². The number of rotatable bonds is 3. The highest BCUT2D eigenvalue weighted by molar-refractivity contribution is 9.10. The Hall–Kier alpha value is -1.81. The van der Waals surface area contributed by atoms with Gasteiger partial charge in [0.2, 0.25) is 0 Å². The SMILES string of the molecule is CC(C)c1cccc(NC(=O)c2ccc(Br)c(N)c2)c1. The van der Waals surface area contributed by atoms with Crippen LogP contribution in [0.2, 0.25) is 0 Å². The smallest absolute Gasteiger partial charge is 0.255 e. The van der Waals surface area contributed by atoms with Gasteiger partial charge in [-0.1, -0.05) is 26.0 Å². The zero-order valence-electron chi connectivity index (χ0n) is 11.5. The van der Waals surface area contributed by atoms with E-state index in [-0.39, 0.29) is 5.91 Å². The number of nitrogen functional groups attached to an aromatic ring is 1. The van der Waals surface area contributed by atoms with Crippen LogP contribution in [0.3, 0.4) is 0 Å². The van der Waals surface area contributed by atoms with Gasteiger partial charge in [-0.15, -0.1) is 0 Å². The van der Waals surface area contributed by atoms with Gasteiger partial charge in [0.05, 0.1) is 0 Å². The molecule has 0 spiro atoms. The Bertz CT molecular complexity index is 638. The normalized spacial score (nSPS) is 10.6. The topological polar surface area (TPSA) is 55.1 Å².